The highest BCUT2D eigenvalue weighted by Crippen LogP contribution is 2.38. The molecule has 144 valence electrons. The Hall–Kier alpha value is -2.24. The van der Waals surface area contributed by atoms with Crippen LogP contribution < -0.4 is 9.64 Å². The monoisotopic (exact) mass is 412 g/mol. The number of fused-ring (bicyclic) bond motifs is 1. The molecule has 2 aromatic rings. The number of carbonyl (C=O) groups excluding carboxylic acids is 1. The highest BCUT2D eigenvalue weighted by atomic mass is 35.5. The minimum Gasteiger partial charge on any atom is -0.493 e. The first-order valence-corrected chi connectivity index (χ1v) is 10.5. The van der Waals surface area contributed by atoms with Crippen molar-refractivity contribution in [2.45, 2.75) is 33.2 Å². The molecule has 2 aliphatic heterocycles. The summed E-state index contributed by atoms with van der Waals surface area (Å²) in [6.07, 6.45) is 2.83. The number of hydrogen-bond donors (Lipinski definition) is 0. The van der Waals surface area contributed by atoms with Gasteiger partial charge in [-0.2, -0.15) is 0 Å². The molecule has 0 atom stereocenters. The van der Waals surface area contributed by atoms with Crippen molar-refractivity contribution in [3.8, 4) is 5.75 Å². The number of amidine groups is 1. The Kier molecular flexibility index (Phi) is 5.21. The van der Waals surface area contributed by atoms with Crippen LogP contribution >= 0.6 is 23.4 Å². The number of hydrogen-bond acceptors (Lipinski definition) is 4. The first-order chi connectivity index (χ1) is 13.4. The summed E-state index contributed by atoms with van der Waals surface area (Å²) >= 11 is 7.70. The summed E-state index contributed by atoms with van der Waals surface area (Å²) in [5, 5.41) is 1.31. The summed E-state index contributed by atoms with van der Waals surface area (Å²) in [5.41, 5.74) is 3.89. The van der Waals surface area contributed by atoms with E-state index in [1.807, 2.05) is 57.2 Å². The van der Waals surface area contributed by atoms with Crippen LogP contribution in [0, 0.1) is 6.92 Å². The summed E-state index contributed by atoms with van der Waals surface area (Å²) in [6.45, 7) is 6.66. The van der Waals surface area contributed by atoms with Gasteiger partial charge in [0.1, 0.15) is 5.75 Å². The normalized spacial score (nSPS) is 19.0. The highest BCUT2D eigenvalue weighted by Gasteiger charge is 2.35. The third-order valence-corrected chi connectivity index (χ3v) is 5.99. The lowest BCUT2D eigenvalue weighted by Gasteiger charge is -2.17. The van der Waals surface area contributed by atoms with Crippen molar-refractivity contribution < 1.29 is 9.53 Å². The van der Waals surface area contributed by atoms with Crippen LogP contribution in [0.4, 0.5) is 5.69 Å². The van der Waals surface area contributed by atoms with E-state index in [1.165, 1.54) is 17.3 Å². The van der Waals surface area contributed by atoms with Crippen molar-refractivity contribution in [2.75, 3.05) is 11.5 Å². The number of halogens is 1. The number of rotatable bonds is 3. The second-order valence-corrected chi connectivity index (χ2v) is 8.57. The number of aliphatic imine (C=N–C) groups is 1. The van der Waals surface area contributed by atoms with Crippen LogP contribution in [-0.2, 0) is 11.2 Å². The van der Waals surface area contributed by atoms with Crippen LogP contribution in [0.15, 0.2) is 46.3 Å². The smallest absolute Gasteiger partial charge is 0.271 e. The number of anilines is 1. The first kappa shape index (κ1) is 19.1. The first-order valence-electron chi connectivity index (χ1n) is 9.26. The molecule has 0 radical (unpaired) electrons. The van der Waals surface area contributed by atoms with E-state index in [-0.39, 0.29) is 11.9 Å². The lowest BCUT2D eigenvalue weighted by molar-refractivity contribution is -0.113. The standard InChI is InChI=1S/C22H21ClN2O2S/c1-13(2)24-22-25(17-6-4-14(3)18(23)12-17)21(26)20(28-22)11-15-5-7-19-16(10-15)8-9-27-19/h4-7,10-13H,8-9H2,1-3H3/b20-11-,24-22-. The molecule has 2 aliphatic rings. The van der Waals surface area contributed by atoms with Crippen molar-refractivity contribution in [3.05, 3.63) is 63.0 Å². The lowest BCUT2D eigenvalue weighted by atomic mass is 10.1. The molecule has 1 saturated heterocycles. The third kappa shape index (κ3) is 3.69. The van der Waals surface area contributed by atoms with Crippen molar-refractivity contribution in [3.63, 3.8) is 0 Å². The van der Waals surface area contributed by atoms with Crippen LogP contribution in [0.1, 0.15) is 30.5 Å². The Morgan fingerprint density at radius 2 is 2.07 bits per heavy atom. The molecule has 6 heteroatoms. The second kappa shape index (κ2) is 7.64. The fraction of sp³-hybridized carbons (Fsp3) is 0.273. The SMILES string of the molecule is Cc1ccc(N2C(=O)/C(=C/c3ccc4c(c3)CCO4)S/C2=N\C(C)C)cc1Cl. The minimum absolute atomic E-state index is 0.0789. The summed E-state index contributed by atoms with van der Waals surface area (Å²) in [7, 11) is 0. The average Bonchev–Trinajstić information content (AvgIpc) is 3.22. The molecule has 1 fully saturated rings. The zero-order chi connectivity index (χ0) is 19.8. The zero-order valence-electron chi connectivity index (χ0n) is 16.0. The molecule has 2 aromatic carbocycles. The van der Waals surface area contributed by atoms with E-state index in [1.54, 1.807) is 4.90 Å². The maximum absolute atomic E-state index is 13.2. The number of benzene rings is 2. The lowest BCUT2D eigenvalue weighted by Crippen LogP contribution is -2.29. The quantitative estimate of drug-likeness (QED) is 0.628. The van der Waals surface area contributed by atoms with E-state index in [2.05, 4.69) is 11.1 Å². The molecule has 0 aromatic heterocycles. The van der Waals surface area contributed by atoms with E-state index >= 15 is 0 Å². The Balaban J connectivity index is 1.72. The average molecular weight is 413 g/mol. The Bertz CT molecular complexity index is 1010. The van der Waals surface area contributed by atoms with Crippen LogP contribution in [0.25, 0.3) is 6.08 Å². The molecule has 28 heavy (non-hydrogen) atoms. The van der Waals surface area contributed by atoms with Crippen LogP contribution in [-0.4, -0.2) is 23.7 Å². The van der Waals surface area contributed by atoms with Crippen molar-refractivity contribution in [1.82, 2.24) is 0 Å². The largest absolute Gasteiger partial charge is 0.493 e. The van der Waals surface area contributed by atoms with Gasteiger partial charge in [-0.15, -0.1) is 0 Å². The van der Waals surface area contributed by atoms with Gasteiger partial charge in [0.2, 0.25) is 0 Å². The molecule has 2 heterocycles. The number of amides is 1. The van der Waals surface area contributed by atoms with E-state index < -0.39 is 0 Å². The van der Waals surface area contributed by atoms with Gasteiger partial charge < -0.3 is 4.74 Å². The van der Waals surface area contributed by atoms with Gasteiger partial charge >= 0.3 is 0 Å². The molecule has 1 amide bonds. The van der Waals surface area contributed by atoms with E-state index in [9.17, 15) is 4.79 Å². The van der Waals surface area contributed by atoms with E-state index in [0.29, 0.717) is 15.1 Å². The van der Waals surface area contributed by atoms with Gasteiger partial charge in [-0.3, -0.25) is 14.7 Å². The fourth-order valence-electron chi connectivity index (χ4n) is 3.18. The second-order valence-electron chi connectivity index (χ2n) is 7.16. The van der Waals surface area contributed by atoms with Crippen LogP contribution in [0.2, 0.25) is 5.02 Å². The van der Waals surface area contributed by atoms with Gasteiger partial charge in [0, 0.05) is 17.5 Å². The van der Waals surface area contributed by atoms with Gasteiger partial charge in [-0.1, -0.05) is 23.7 Å². The Labute approximate surface area is 174 Å². The van der Waals surface area contributed by atoms with Gasteiger partial charge in [-0.25, -0.2) is 0 Å². The van der Waals surface area contributed by atoms with Gasteiger partial charge in [-0.05, 0) is 79.6 Å². The van der Waals surface area contributed by atoms with Crippen molar-refractivity contribution in [1.29, 1.82) is 0 Å². The molecular formula is C22H21ClN2O2S. The summed E-state index contributed by atoms with van der Waals surface area (Å²) in [4.78, 5) is 20.2. The summed E-state index contributed by atoms with van der Waals surface area (Å²) in [6, 6.07) is 11.8. The number of nitrogens with zero attached hydrogens (tertiary/aromatic N) is 2. The molecule has 0 spiro atoms. The fourth-order valence-corrected chi connectivity index (χ4v) is 4.47. The predicted octanol–water partition coefficient (Wildman–Crippen LogP) is 5.47. The molecule has 4 nitrogen and oxygen atoms in total. The van der Waals surface area contributed by atoms with Crippen LogP contribution in [0.3, 0.4) is 0 Å². The number of aryl methyl sites for hydroxylation is 1. The molecule has 0 N–H and O–H groups in total. The molecule has 0 bridgehead atoms. The van der Waals surface area contributed by atoms with Gasteiger partial charge in [0.05, 0.1) is 17.2 Å². The Morgan fingerprint density at radius 3 is 2.82 bits per heavy atom. The van der Waals surface area contributed by atoms with E-state index in [0.717, 1.165) is 35.6 Å². The van der Waals surface area contributed by atoms with Crippen LogP contribution in [0.5, 0.6) is 5.75 Å². The topological polar surface area (TPSA) is 41.9 Å². The molecule has 0 aliphatic carbocycles. The maximum atomic E-state index is 13.2. The minimum atomic E-state index is -0.0823. The molecule has 0 unspecified atom stereocenters. The number of ether oxygens (including phenoxy) is 1. The highest BCUT2D eigenvalue weighted by molar-refractivity contribution is 8.19. The molecular weight excluding hydrogens is 392 g/mol. The predicted molar refractivity (Wildman–Crippen MR) is 117 cm³/mol. The number of carbonyl (C=O) groups is 1. The Morgan fingerprint density at radius 1 is 1.25 bits per heavy atom. The maximum Gasteiger partial charge on any atom is 0.271 e. The zero-order valence-corrected chi connectivity index (χ0v) is 17.6. The van der Waals surface area contributed by atoms with Gasteiger partial charge in [0.25, 0.3) is 5.91 Å². The molecule has 4 rings (SSSR count). The summed E-state index contributed by atoms with van der Waals surface area (Å²) in [5.74, 6) is 0.853. The van der Waals surface area contributed by atoms with Gasteiger partial charge in [0.15, 0.2) is 5.17 Å². The summed E-state index contributed by atoms with van der Waals surface area (Å²) < 4.78 is 5.57. The van der Waals surface area contributed by atoms with Crippen molar-refractivity contribution in [2.24, 2.45) is 4.99 Å². The van der Waals surface area contributed by atoms with E-state index in [4.69, 9.17) is 16.3 Å². The number of thioether (sulfide) groups is 1. The third-order valence-electron chi connectivity index (χ3n) is 4.60. The van der Waals surface area contributed by atoms with Crippen molar-refractivity contribution >= 4 is 46.2 Å². The molecule has 0 saturated carbocycles.